The van der Waals surface area contributed by atoms with Crippen LogP contribution in [-0.2, 0) is 11.2 Å². The number of likely N-dealkylation sites (tertiary alicyclic amines) is 1. The molecule has 0 bridgehead atoms. The number of hydrogen-bond donors (Lipinski definition) is 1. The lowest BCUT2D eigenvalue weighted by Gasteiger charge is -2.20. The molecule has 0 aliphatic carbocycles. The molecule has 3 unspecified atom stereocenters. The van der Waals surface area contributed by atoms with Crippen LogP contribution < -0.4 is 5.73 Å². The van der Waals surface area contributed by atoms with Crippen LogP contribution in [0.25, 0.3) is 0 Å². The second-order valence-electron chi connectivity index (χ2n) is 5.49. The smallest absolute Gasteiger partial charge is 0.239 e. The summed E-state index contributed by atoms with van der Waals surface area (Å²) in [5.41, 5.74) is 7.15. The number of carbonyl (C=O) groups is 1. The Labute approximate surface area is 109 Å². The molecule has 2 N–H and O–H groups in total. The Balaban J connectivity index is 1.93. The Kier molecular flexibility index (Phi) is 4.02. The topological polar surface area (TPSA) is 46.3 Å². The number of nitrogens with zero attached hydrogens (tertiary/aromatic N) is 1. The summed E-state index contributed by atoms with van der Waals surface area (Å²) in [6.07, 6.45) is 0.624. The van der Waals surface area contributed by atoms with Crippen molar-refractivity contribution in [3.63, 3.8) is 0 Å². The second kappa shape index (κ2) is 5.53. The van der Waals surface area contributed by atoms with Crippen LogP contribution in [0.15, 0.2) is 30.3 Å². The molecule has 1 fully saturated rings. The Bertz CT molecular complexity index is 394. The molecule has 18 heavy (non-hydrogen) atoms. The van der Waals surface area contributed by atoms with Crippen LogP contribution in [-0.4, -0.2) is 29.9 Å². The van der Waals surface area contributed by atoms with Crippen molar-refractivity contribution in [3.05, 3.63) is 35.9 Å². The van der Waals surface area contributed by atoms with Gasteiger partial charge >= 0.3 is 0 Å². The Hall–Kier alpha value is -1.35. The molecular formula is C15H22N2O. The summed E-state index contributed by atoms with van der Waals surface area (Å²) in [4.78, 5) is 14.2. The molecule has 0 saturated carbocycles. The lowest BCUT2D eigenvalue weighted by atomic mass is 10.0. The number of hydrogen-bond acceptors (Lipinski definition) is 2. The van der Waals surface area contributed by atoms with Gasteiger partial charge in [0.15, 0.2) is 0 Å². The minimum Gasteiger partial charge on any atom is -0.341 e. The van der Waals surface area contributed by atoms with Gasteiger partial charge in [-0.3, -0.25) is 4.79 Å². The molecule has 98 valence electrons. The van der Waals surface area contributed by atoms with Gasteiger partial charge in [-0.1, -0.05) is 44.2 Å². The maximum Gasteiger partial charge on any atom is 0.239 e. The van der Waals surface area contributed by atoms with E-state index >= 15 is 0 Å². The van der Waals surface area contributed by atoms with Crippen LogP contribution in [0.1, 0.15) is 19.4 Å². The highest BCUT2D eigenvalue weighted by atomic mass is 16.2. The molecule has 3 heteroatoms. The predicted octanol–water partition coefficient (Wildman–Crippen LogP) is 1.67. The lowest BCUT2D eigenvalue weighted by molar-refractivity contribution is -0.131. The summed E-state index contributed by atoms with van der Waals surface area (Å²) in [6, 6.07) is 9.55. The monoisotopic (exact) mass is 246 g/mol. The Morgan fingerprint density at radius 3 is 2.39 bits per heavy atom. The fourth-order valence-corrected chi connectivity index (χ4v) is 2.50. The average Bonchev–Trinajstić information content (AvgIpc) is 2.70. The minimum absolute atomic E-state index is 0.0926. The third-order valence-electron chi connectivity index (χ3n) is 3.92. The van der Waals surface area contributed by atoms with Crippen LogP contribution in [0.3, 0.4) is 0 Å². The molecule has 1 aromatic rings. The van der Waals surface area contributed by atoms with E-state index in [2.05, 4.69) is 13.8 Å². The summed E-state index contributed by atoms with van der Waals surface area (Å²) < 4.78 is 0. The van der Waals surface area contributed by atoms with Gasteiger partial charge in [0.05, 0.1) is 6.04 Å². The fourth-order valence-electron chi connectivity index (χ4n) is 2.50. The Morgan fingerprint density at radius 2 is 1.83 bits per heavy atom. The number of benzene rings is 1. The third kappa shape index (κ3) is 2.91. The molecular weight excluding hydrogens is 224 g/mol. The second-order valence-corrected chi connectivity index (χ2v) is 5.49. The first-order valence-electron chi connectivity index (χ1n) is 6.66. The van der Waals surface area contributed by atoms with E-state index in [0.29, 0.717) is 18.3 Å². The minimum atomic E-state index is -0.412. The molecule has 1 saturated heterocycles. The van der Waals surface area contributed by atoms with Crippen molar-refractivity contribution in [1.82, 2.24) is 4.90 Å². The zero-order valence-electron chi connectivity index (χ0n) is 11.2. The molecule has 2 rings (SSSR count). The van der Waals surface area contributed by atoms with E-state index in [1.54, 1.807) is 0 Å². The highest BCUT2D eigenvalue weighted by Crippen LogP contribution is 2.22. The highest BCUT2D eigenvalue weighted by Gasteiger charge is 2.31. The summed E-state index contributed by atoms with van der Waals surface area (Å²) in [7, 11) is 0. The first kappa shape index (κ1) is 13.1. The van der Waals surface area contributed by atoms with Crippen molar-refractivity contribution in [2.45, 2.75) is 26.3 Å². The van der Waals surface area contributed by atoms with E-state index < -0.39 is 6.04 Å². The van der Waals surface area contributed by atoms with Gasteiger partial charge < -0.3 is 10.6 Å². The van der Waals surface area contributed by atoms with E-state index in [9.17, 15) is 4.79 Å². The van der Waals surface area contributed by atoms with Crippen LogP contribution >= 0.6 is 0 Å². The SMILES string of the molecule is CC1CN(C(=O)C(N)Cc2ccccc2)CC1C. The number of nitrogens with two attached hydrogens (primary N) is 1. The van der Waals surface area contributed by atoms with E-state index in [1.165, 1.54) is 0 Å². The molecule has 0 aromatic heterocycles. The van der Waals surface area contributed by atoms with Crippen molar-refractivity contribution in [2.24, 2.45) is 17.6 Å². The first-order valence-corrected chi connectivity index (χ1v) is 6.66. The van der Waals surface area contributed by atoms with Crippen molar-refractivity contribution in [2.75, 3.05) is 13.1 Å². The number of rotatable bonds is 3. The van der Waals surface area contributed by atoms with Crippen molar-refractivity contribution < 1.29 is 4.79 Å². The van der Waals surface area contributed by atoms with Crippen LogP contribution in [0, 0.1) is 11.8 Å². The molecule has 0 radical (unpaired) electrons. The maximum atomic E-state index is 12.2. The van der Waals surface area contributed by atoms with Gasteiger partial charge in [-0.2, -0.15) is 0 Å². The molecule has 1 aliphatic rings. The molecule has 1 aliphatic heterocycles. The van der Waals surface area contributed by atoms with Crippen LogP contribution in [0.2, 0.25) is 0 Å². The molecule has 3 atom stereocenters. The standard InChI is InChI=1S/C15H22N2O/c1-11-9-17(10-12(11)2)15(18)14(16)8-13-6-4-3-5-7-13/h3-7,11-12,14H,8-10,16H2,1-2H3. The van der Waals surface area contributed by atoms with E-state index in [0.717, 1.165) is 18.7 Å². The molecule has 0 spiro atoms. The van der Waals surface area contributed by atoms with Crippen molar-refractivity contribution in [3.8, 4) is 0 Å². The molecule has 1 amide bonds. The van der Waals surface area contributed by atoms with Gasteiger partial charge in [0, 0.05) is 13.1 Å². The van der Waals surface area contributed by atoms with Crippen LogP contribution in [0.4, 0.5) is 0 Å². The first-order chi connectivity index (χ1) is 8.58. The predicted molar refractivity (Wildman–Crippen MR) is 73.0 cm³/mol. The van der Waals surface area contributed by atoms with E-state index in [1.807, 2.05) is 35.2 Å². The molecule has 1 heterocycles. The summed E-state index contributed by atoms with van der Waals surface area (Å²) >= 11 is 0. The zero-order chi connectivity index (χ0) is 13.1. The average molecular weight is 246 g/mol. The third-order valence-corrected chi connectivity index (χ3v) is 3.92. The summed E-state index contributed by atoms with van der Waals surface area (Å²) in [6.45, 7) is 6.09. The van der Waals surface area contributed by atoms with Gasteiger partial charge in [-0.15, -0.1) is 0 Å². The summed E-state index contributed by atoms with van der Waals surface area (Å²) in [5, 5.41) is 0. The molecule has 3 nitrogen and oxygen atoms in total. The van der Waals surface area contributed by atoms with Crippen molar-refractivity contribution >= 4 is 5.91 Å². The molecule has 1 aromatic carbocycles. The Morgan fingerprint density at radius 1 is 1.28 bits per heavy atom. The van der Waals surface area contributed by atoms with E-state index in [4.69, 9.17) is 5.73 Å². The van der Waals surface area contributed by atoms with Gasteiger partial charge in [0.2, 0.25) is 5.91 Å². The van der Waals surface area contributed by atoms with Crippen molar-refractivity contribution in [1.29, 1.82) is 0 Å². The largest absolute Gasteiger partial charge is 0.341 e. The highest BCUT2D eigenvalue weighted by molar-refractivity contribution is 5.82. The number of amides is 1. The van der Waals surface area contributed by atoms with Gasteiger partial charge in [0.25, 0.3) is 0 Å². The fraction of sp³-hybridized carbons (Fsp3) is 0.533. The normalized spacial score (nSPS) is 25.2. The van der Waals surface area contributed by atoms with Gasteiger partial charge in [-0.05, 0) is 23.8 Å². The maximum absolute atomic E-state index is 12.2. The quantitative estimate of drug-likeness (QED) is 0.882. The lowest BCUT2D eigenvalue weighted by Crippen LogP contribution is -2.44. The number of carbonyl (C=O) groups excluding carboxylic acids is 1. The summed E-state index contributed by atoms with van der Waals surface area (Å²) in [5.74, 6) is 1.26. The van der Waals surface area contributed by atoms with E-state index in [-0.39, 0.29) is 5.91 Å². The van der Waals surface area contributed by atoms with Gasteiger partial charge in [-0.25, -0.2) is 0 Å². The van der Waals surface area contributed by atoms with Gasteiger partial charge in [0.1, 0.15) is 0 Å². The zero-order valence-corrected chi connectivity index (χ0v) is 11.2. The van der Waals surface area contributed by atoms with Crippen LogP contribution in [0.5, 0.6) is 0 Å².